The van der Waals surface area contributed by atoms with Crippen LogP contribution in [0.4, 0.5) is 0 Å². The molecule has 1 heterocycles. The van der Waals surface area contributed by atoms with Gasteiger partial charge >= 0.3 is 0 Å². The fraction of sp³-hybridized carbons (Fsp3) is 0.565. The van der Waals surface area contributed by atoms with Crippen molar-refractivity contribution in [2.24, 2.45) is 0 Å². The number of rotatable bonds is 13. The summed E-state index contributed by atoms with van der Waals surface area (Å²) in [6.45, 7) is 9.29. The lowest BCUT2D eigenvalue weighted by Crippen LogP contribution is -2.38. The Bertz CT molecular complexity index is 767. The lowest BCUT2D eigenvalue weighted by Gasteiger charge is -2.25. The van der Waals surface area contributed by atoms with Crippen molar-refractivity contribution in [1.29, 1.82) is 0 Å². The SMILES string of the molecule is CCOCCCN1C(=O)C(c2ccc(C)c(C)c2)=C(N(CCOC)CCOC)C1=O. The van der Waals surface area contributed by atoms with Crippen LogP contribution in [-0.4, -0.2) is 81.9 Å². The molecule has 1 aromatic carbocycles. The van der Waals surface area contributed by atoms with Crippen LogP contribution in [-0.2, 0) is 23.8 Å². The van der Waals surface area contributed by atoms with Crippen molar-refractivity contribution < 1.29 is 23.8 Å². The molecule has 7 heteroatoms. The lowest BCUT2D eigenvalue weighted by molar-refractivity contribution is -0.137. The highest BCUT2D eigenvalue weighted by Crippen LogP contribution is 2.32. The Hall–Kier alpha value is -2.22. The highest BCUT2D eigenvalue weighted by Gasteiger charge is 2.41. The monoisotopic (exact) mass is 418 g/mol. The van der Waals surface area contributed by atoms with E-state index in [-0.39, 0.29) is 11.8 Å². The number of hydrogen-bond acceptors (Lipinski definition) is 6. The number of methoxy groups -OCH3 is 2. The highest BCUT2D eigenvalue weighted by atomic mass is 16.5. The summed E-state index contributed by atoms with van der Waals surface area (Å²) >= 11 is 0. The summed E-state index contributed by atoms with van der Waals surface area (Å²) in [6.07, 6.45) is 0.606. The van der Waals surface area contributed by atoms with Gasteiger partial charge in [-0.05, 0) is 43.9 Å². The molecule has 0 fully saturated rings. The third-order valence-corrected chi connectivity index (χ3v) is 5.26. The number of carbonyl (C=O) groups is 2. The summed E-state index contributed by atoms with van der Waals surface area (Å²) in [4.78, 5) is 30.0. The third kappa shape index (κ3) is 5.68. The second-order valence-electron chi connectivity index (χ2n) is 7.31. The molecule has 0 atom stereocenters. The minimum Gasteiger partial charge on any atom is -0.383 e. The molecule has 0 aromatic heterocycles. The number of benzene rings is 1. The molecule has 0 bridgehead atoms. The van der Waals surface area contributed by atoms with Crippen molar-refractivity contribution in [3.8, 4) is 0 Å². The number of imide groups is 1. The fourth-order valence-corrected chi connectivity index (χ4v) is 3.42. The van der Waals surface area contributed by atoms with E-state index in [9.17, 15) is 9.59 Å². The smallest absolute Gasteiger partial charge is 0.277 e. The van der Waals surface area contributed by atoms with E-state index in [1.165, 1.54) is 4.90 Å². The maximum absolute atomic E-state index is 13.4. The molecular weight excluding hydrogens is 384 g/mol. The Kier molecular flexibility index (Phi) is 9.49. The first-order chi connectivity index (χ1) is 14.5. The molecule has 0 saturated heterocycles. The van der Waals surface area contributed by atoms with Gasteiger partial charge in [-0.3, -0.25) is 14.5 Å². The summed E-state index contributed by atoms with van der Waals surface area (Å²) in [5, 5.41) is 0. The molecular formula is C23H34N2O5. The van der Waals surface area contributed by atoms with E-state index >= 15 is 0 Å². The van der Waals surface area contributed by atoms with Crippen molar-refractivity contribution >= 4 is 17.4 Å². The van der Waals surface area contributed by atoms with Crippen molar-refractivity contribution in [3.05, 3.63) is 40.6 Å². The van der Waals surface area contributed by atoms with E-state index in [1.807, 2.05) is 43.9 Å². The van der Waals surface area contributed by atoms with Crippen LogP contribution >= 0.6 is 0 Å². The largest absolute Gasteiger partial charge is 0.383 e. The molecule has 2 rings (SSSR count). The first kappa shape index (κ1) is 24.1. The van der Waals surface area contributed by atoms with Gasteiger partial charge in [0.05, 0.1) is 18.8 Å². The Morgan fingerprint density at radius 3 is 2.17 bits per heavy atom. The number of carbonyl (C=O) groups excluding carboxylic acids is 2. The van der Waals surface area contributed by atoms with E-state index < -0.39 is 0 Å². The third-order valence-electron chi connectivity index (χ3n) is 5.26. The predicted octanol–water partition coefficient (Wildman–Crippen LogP) is 2.40. The number of amides is 2. The van der Waals surface area contributed by atoms with Gasteiger partial charge in [0.25, 0.3) is 11.8 Å². The zero-order chi connectivity index (χ0) is 22.1. The zero-order valence-electron chi connectivity index (χ0n) is 18.8. The van der Waals surface area contributed by atoms with Gasteiger partial charge in [0.1, 0.15) is 5.70 Å². The van der Waals surface area contributed by atoms with Gasteiger partial charge in [-0.1, -0.05) is 18.2 Å². The van der Waals surface area contributed by atoms with Gasteiger partial charge in [0.15, 0.2) is 0 Å². The van der Waals surface area contributed by atoms with Gasteiger partial charge in [-0.25, -0.2) is 0 Å². The number of ether oxygens (including phenoxy) is 3. The summed E-state index contributed by atoms with van der Waals surface area (Å²) in [5.74, 6) is -0.522. The Morgan fingerprint density at radius 1 is 0.933 bits per heavy atom. The second kappa shape index (κ2) is 11.8. The van der Waals surface area contributed by atoms with E-state index in [2.05, 4.69) is 0 Å². The summed E-state index contributed by atoms with van der Waals surface area (Å²) < 4.78 is 15.9. The van der Waals surface area contributed by atoms with E-state index in [0.29, 0.717) is 63.8 Å². The van der Waals surface area contributed by atoms with Crippen LogP contribution in [0.25, 0.3) is 5.57 Å². The molecule has 0 spiro atoms. The Morgan fingerprint density at radius 2 is 1.60 bits per heavy atom. The van der Waals surface area contributed by atoms with Gasteiger partial charge in [-0.2, -0.15) is 0 Å². The maximum atomic E-state index is 13.4. The molecule has 1 aromatic rings. The molecule has 0 N–H and O–H groups in total. The van der Waals surface area contributed by atoms with Crippen LogP contribution in [0.1, 0.15) is 30.0 Å². The maximum Gasteiger partial charge on any atom is 0.277 e. The minimum atomic E-state index is -0.267. The average molecular weight is 419 g/mol. The quantitative estimate of drug-likeness (QED) is 0.362. The summed E-state index contributed by atoms with van der Waals surface area (Å²) in [7, 11) is 3.24. The highest BCUT2D eigenvalue weighted by molar-refractivity contribution is 6.35. The van der Waals surface area contributed by atoms with Crippen LogP contribution in [0.5, 0.6) is 0 Å². The standard InChI is InChI=1S/C23H34N2O5/c1-6-30-13-7-10-25-22(26)20(19-9-8-17(2)18(3)16-19)21(23(25)27)24(11-14-28-4)12-15-29-5/h8-9,16H,6-7,10-15H2,1-5H3. The van der Waals surface area contributed by atoms with Gasteiger partial charge < -0.3 is 19.1 Å². The molecule has 0 saturated carbocycles. The molecule has 166 valence electrons. The summed E-state index contributed by atoms with van der Waals surface area (Å²) in [6, 6.07) is 5.88. The lowest BCUT2D eigenvalue weighted by atomic mass is 9.99. The Labute approximate surface area is 179 Å². The topological polar surface area (TPSA) is 68.3 Å². The first-order valence-corrected chi connectivity index (χ1v) is 10.4. The minimum absolute atomic E-state index is 0.255. The van der Waals surface area contributed by atoms with E-state index in [0.717, 1.165) is 16.7 Å². The second-order valence-corrected chi connectivity index (χ2v) is 7.31. The van der Waals surface area contributed by atoms with Crippen molar-refractivity contribution in [2.75, 3.05) is 60.3 Å². The van der Waals surface area contributed by atoms with Crippen molar-refractivity contribution in [1.82, 2.24) is 9.80 Å². The number of hydrogen-bond donors (Lipinski definition) is 0. The van der Waals surface area contributed by atoms with Gasteiger partial charge in [0, 0.05) is 47.1 Å². The molecule has 0 aliphatic carbocycles. The van der Waals surface area contributed by atoms with Gasteiger partial charge in [-0.15, -0.1) is 0 Å². The zero-order valence-corrected chi connectivity index (χ0v) is 18.8. The molecule has 1 aliphatic rings. The van der Waals surface area contributed by atoms with E-state index in [1.54, 1.807) is 14.2 Å². The number of aryl methyl sites for hydroxylation is 2. The van der Waals surface area contributed by atoms with E-state index in [4.69, 9.17) is 14.2 Å². The van der Waals surface area contributed by atoms with Crippen molar-refractivity contribution in [3.63, 3.8) is 0 Å². The van der Waals surface area contributed by atoms with Crippen LogP contribution < -0.4 is 0 Å². The Balaban J connectivity index is 2.45. The fourth-order valence-electron chi connectivity index (χ4n) is 3.42. The first-order valence-electron chi connectivity index (χ1n) is 10.4. The van der Waals surface area contributed by atoms with Crippen LogP contribution in [0.3, 0.4) is 0 Å². The molecule has 7 nitrogen and oxygen atoms in total. The van der Waals surface area contributed by atoms with Crippen LogP contribution in [0.2, 0.25) is 0 Å². The van der Waals surface area contributed by atoms with Gasteiger partial charge in [0.2, 0.25) is 0 Å². The van der Waals surface area contributed by atoms with Crippen molar-refractivity contribution in [2.45, 2.75) is 27.2 Å². The molecule has 0 radical (unpaired) electrons. The predicted molar refractivity (Wildman–Crippen MR) is 116 cm³/mol. The number of nitrogens with zero attached hydrogens (tertiary/aromatic N) is 2. The summed E-state index contributed by atoms with van der Waals surface area (Å²) in [5.41, 5.74) is 3.86. The average Bonchev–Trinajstić information content (AvgIpc) is 2.98. The van der Waals surface area contributed by atoms with Crippen LogP contribution in [0.15, 0.2) is 23.9 Å². The van der Waals surface area contributed by atoms with Crippen LogP contribution in [0, 0.1) is 13.8 Å². The molecule has 0 unspecified atom stereocenters. The molecule has 30 heavy (non-hydrogen) atoms. The molecule has 2 amide bonds. The normalized spacial score (nSPS) is 14.2. The molecule has 1 aliphatic heterocycles.